The third-order valence-electron chi connectivity index (χ3n) is 3.41. The van der Waals surface area contributed by atoms with Crippen LogP contribution in [-0.4, -0.2) is 9.97 Å². The van der Waals surface area contributed by atoms with Crippen LogP contribution in [0.1, 0.15) is 33.8 Å². The largest absolute Gasteiger partial charge is 0.383 e. The maximum absolute atomic E-state index is 5.88. The Balaban J connectivity index is 2.31. The summed E-state index contributed by atoms with van der Waals surface area (Å²) in [4.78, 5) is 8.84. The van der Waals surface area contributed by atoms with E-state index in [0.29, 0.717) is 5.82 Å². The molecule has 94 valence electrons. The second-order valence-corrected chi connectivity index (χ2v) is 4.83. The van der Waals surface area contributed by atoms with Gasteiger partial charge in [0.05, 0.1) is 0 Å². The van der Waals surface area contributed by atoms with Crippen LogP contribution in [0, 0.1) is 27.7 Å². The van der Waals surface area contributed by atoms with Crippen molar-refractivity contribution in [2.45, 2.75) is 34.1 Å². The normalized spacial score (nSPS) is 10.7. The first-order chi connectivity index (χ1) is 8.47. The molecule has 0 aliphatic carbocycles. The van der Waals surface area contributed by atoms with Crippen LogP contribution in [0.15, 0.2) is 18.2 Å². The Kier molecular flexibility index (Phi) is 3.32. The molecule has 3 heteroatoms. The van der Waals surface area contributed by atoms with E-state index in [1.807, 2.05) is 13.8 Å². The Morgan fingerprint density at radius 2 is 1.72 bits per heavy atom. The zero-order chi connectivity index (χ0) is 13.3. The van der Waals surface area contributed by atoms with Crippen LogP contribution in [0.4, 0.5) is 5.82 Å². The first-order valence-corrected chi connectivity index (χ1v) is 6.13. The molecule has 1 aromatic carbocycles. The minimum absolute atomic E-state index is 0.585. The highest BCUT2D eigenvalue weighted by molar-refractivity contribution is 5.41. The summed E-state index contributed by atoms with van der Waals surface area (Å²) in [5.41, 5.74) is 11.6. The second-order valence-electron chi connectivity index (χ2n) is 4.83. The summed E-state index contributed by atoms with van der Waals surface area (Å²) in [5, 5.41) is 0. The van der Waals surface area contributed by atoms with Crippen LogP contribution in [0.5, 0.6) is 0 Å². The number of hydrogen-bond donors (Lipinski definition) is 1. The molecule has 0 saturated carbocycles. The molecule has 2 rings (SSSR count). The number of anilines is 1. The lowest BCUT2D eigenvalue weighted by Crippen LogP contribution is -2.05. The second kappa shape index (κ2) is 4.77. The van der Waals surface area contributed by atoms with Gasteiger partial charge in [0.25, 0.3) is 0 Å². The first-order valence-electron chi connectivity index (χ1n) is 6.13. The van der Waals surface area contributed by atoms with Gasteiger partial charge >= 0.3 is 0 Å². The highest BCUT2D eigenvalue weighted by Crippen LogP contribution is 2.15. The minimum atomic E-state index is 0.585. The Morgan fingerprint density at radius 1 is 1.00 bits per heavy atom. The van der Waals surface area contributed by atoms with E-state index in [1.165, 1.54) is 16.7 Å². The van der Waals surface area contributed by atoms with Crippen molar-refractivity contribution in [3.63, 3.8) is 0 Å². The fraction of sp³-hybridized carbons (Fsp3) is 0.333. The quantitative estimate of drug-likeness (QED) is 0.879. The predicted molar refractivity (Wildman–Crippen MR) is 74.6 cm³/mol. The van der Waals surface area contributed by atoms with E-state index in [1.54, 1.807) is 0 Å². The Labute approximate surface area is 108 Å². The third kappa shape index (κ3) is 2.50. The first kappa shape index (κ1) is 12.6. The number of benzene rings is 1. The molecule has 1 aromatic heterocycles. The van der Waals surface area contributed by atoms with E-state index in [2.05, 4.69) is 42.0 Å². The van der Waals surface area contributed by atoms with Gasteiger partial charge in [0.2, 0.25) is 0 Å². The van der Waals surface area contributed by atoms with Crippen molar-refractivity contribution in [2.24, 2.45) is 0 Å². The number of nitrogen functional groups attached to an aromatic ring is 1. The molecule has 2 aromatic rings. The molecule has 0 amide bonds. The van der Waals surface area contributed by atoms with Gasteiger partial charge in [-0.3, -0.25) is 0 Å². The van der Waals surface area contributed by atoms with Crippen LogP contribution >= 0.6 is 0 Å². The highest BCUT2D eigenvalue weighted by atomic mass is 14.9. The number of aromatic nitrogens is 2. The van der Waals surface area contributed by atoms with Crippen LogP contribution in [-0.2, 0) is 6.42 Å². The van der Waals surface area contributed by atoms with Crippen LogP contribution in [0.3, 0.4) is 0 Å². The SMILES string of the molecule is Cc1ccc(Cc2nc(C)c(C)c(N)n2)cc1C. The van der Waals surface area contributed by atoms with E-state index in [9.17, 15) is 0 Å². The van der Waals surface area contributed by atoms with E-state index >= 15 is 0 Å². The molecule has 0 radical (unpaired) electrons. The average molecular weight is 241 g/mol. The van der Waals surface area contributed by atoms with Gasteiger partial charge in [0, 0.05) is 17.7 Å². The third-order valence-corrected chi connectivity index (χ3v) is 3.41. The molecule has 0 aliphatic rings. The van der Waals surface area contributed by atoms with Gasteiger partial charge in [0.1, 0.15) is 11.6 Å². The molecule has 0 spiro atoms. The van der Waals surface area contributed by atoms with Crippen molar-refractivity contribution in [2.75, 3.05) is 5.73 Å². The lowest BCUT2D eigenvalue weighted by atomic mass is 10.0. The van der Waals surface area contributed by atoms with Crippen LogP contribution < -0.4 is 5.73 Å². The zero-order valence-electron chi connectivity index (χ0n) is 11.4. The molecule has 2 N–H and O–H groups in total. The van der Waals surface area contributed by atoms with Crippen molar-refractivity contribution < 1.29 is 0 Å². The van der Waals surface area contributed by atoms with Gasteiger partial charge in [-0.05, 0) is 44.4 Å². The number of aryl methyl sites for hydroxylation is 3. The monoisotopic (exact) mass is 241 g/mol. The maximum Gasteiger partial charge on any atom is 0.135 e. The molecular weight excluding hydrogens is 222 g/mol. The molecule has 0 saturated heterocycles. The maximum atomic E-state index is 5.88. The molecule has 0 bridgehead atoms. The molecular formula is C15H19N3. The van der Waals surface area contributed by atoms with Crippen molar-refractivity contribution >= 4 is 5.82 Å². The molecule has 0 unspecified atom stereocenters. The van der Waals surface area contributed by atoms with E-state index in [4.69, 9.17) is 5.73 Å². The van der Waals surface area contributed by atoms with Crippen LogP contribution in [0.25, 0.3) is 0 Å². The van der Waals surface area contributed by atoms with Gasteiger partial charge in [-0.1, -0.05) is 18.2 Å². The summed E-state index contributed by atoms with van der Waals surface area (Å²) in [6.45, 7) is 8.15. The van der Waals surface area contributed by atoms with E-state index in [-0.39, 0.29) is 0 Å². The van der Waals surface area contributed by atoms with E-state index in [0.717, 1.165) is 23.5 Å². The van der Waals surface area contributed by atoms with Crippen molar-refractivity contribution in [1.29, 1.82) is 0 Å². The predicted octanol–water partition coefficient (Wildman–Crippen LogP) is 2.88. The molecule has 0 atom stereocenters. The highest BCUT2D eigenvalue weighted by Gasteiger charge is 2.06. The number of rotatable bonds is 2. The van der Waals surface area contributed by atoms with Crippen LogP contribution in [0.2, 0.25) is 0 Å². The minimum Gasteiger partial charge on any atom is -0.383 e. The number of hydrogen-bond acceptors (Lipinski definition) is 3. The van der Waals surface area contributed by atoms with Gasteiger partial charge in [-0.15, -0.1) is 0 Å². The van der Waals surface area contributed by atoms with Gasteiger partial charge in [0.15, 0.2) is 0 Å². The Bertz CT molecular complexity index is 565. The summed E-state index contributed by atoms with van der Waals surface area (Å²) < 4.78 is 0. The average Bonchev–Trinajstić information content (AvgIpc) is 2.31. The van der Waals surface area contributed by atoms with E-state index < -0.39 is 0 Å². The van der Waals surface area contributed by atoms with Crippen molar-refractivity contribution in [3.05, 3.63) is 52.0 Å². The molecule has 18 heavy (non-hydrogen) atoms. The summed E-state index contributed by atoms with van der Waals surface area (Å²) in [7, 11) is 0. The topological polar surface area (TPSA) is 51.8 Å². The Morgan fingerprint density at radius 3 is 2.33 bits per heavy atom. The summed E-state index contributed by atoms with van der Waals surface area (Å²) >= 11 is 0. The summed E-state index contributed by atoms with van der Waals surface area (Å²) in [6.07, 6.45) is 0.729. The molecule has 1 heterocycles. The molecule has 0 aliphatic heterocycles. The fourth-order valence-electron chi connectivity index (χ4n) is 1.89. The van der Waals surface area contributed by atoms with Gasteiger partial charge in [-0.2, -0.15) is 0 Å². The van der Waals surface area contributed by atoms with Gasteiger partial charge < -0.3 is 5.73 Å². The number of nitrogens with two attached hydrogens (primary N) is 1. The molecule has 0 fully saturated rings. The summed E-state index contributed by atoms with van der Waals surface area (Å²) in [6, 6.07) is 6.44. The van der Waals surface area contributed by atoms with Gasteiger partial charge in [-0.25, -0.2) is 9.97 Å². The molecule has 3 nitrogen and oxygen atoms in total. The lowest BCUT2D eigenvalue weighted by molar-refractivity contribution is 0.932. The Hall–Kier alpha value is -1.90. The zero-order valence-corrected chi connectivity index (χ0v) is 11.4. The number of nitrogens with zero attached hydrogens (tertiary/aromatic N) is 2. The lowest BCUT2D eigenvalue weighted by Gasteiger charge is -2.08. The van der Waals surface area contributed by atoms with Crippen molar-refractivity contribution in [1.82, 2.24) is 9.97 Å². The van der Waals surface area contributed by atoms with Crippen molar-refractivity contribution in [3.8, 4) is 0 Å². The summed E-state index contributed by atoms with van der Waals surface area (Å²) in [5.74, 6) is 1.38. The fourth-order valence-corrected chi connectivity index (χ4v) is 1.89. The standard InChI is InChI=1S/C15H19N3/c1-9-5-6-13(7-10(9)2)8-14-17-12(4)11(3)15(16)18-14/h5-7H,8H2,1-4H3,(H2,16,17,18). The smallest absolute Gasteiger partial charge is 0.135 e.